The number of ether oxygens (including phenoxy) is 1. The van der Waals surface area contributed by atoms with Gasteiger partial charge in [-0.2, -0.15) is 11.8 Å². The molecule has 4 heteroatoms. The lowest BCUT2D eigenvalue weighted by atomic mass is 10.2. The van der Waals surface area contributed by atoms with Gasteiger partial charge in [0.1, 0.15) is 0 Å². The Balaban J connectivity index is 2.16. The molecular formula is C15H29NO2S. The molecule has 1 aliphatic rings. The average molecular weight is 287 g/mol. The Morgan fingerprint density at radius 1 is 1.21 bits per heavy atom. The van der Waals surface area contributed by atoms with Gasteiger partial charge < -0.3 is 9.64 Å². The van der Waals surface area contributed by atoms with E-state index in [2.05, 4.69) is 18.7 Å². The molecule has 1 unspecified atom stereocenters. The van der Waals surface area contributed by atoms with Gasteiger partial charge in [0.2, 0.25) is 0 Å². The minimum Gasteiger partial charge on any atom is -0.466 e. The number of cyclic esters (lactones) is 1. The van der Waals surface area contributed by atoms with E-state index in [1.54, 1.807) is 0 Å². The van der Waals surface area contributed by atoms with E-state index in [-0.39, 0.29) is 5.97 Å². The van der Waals surface area contributed by atoms with Gasteiger partial charge in [-0.05, 0) is 32.4 Å². The Morgan fingerprint density at radius 3 is 2.47 bits per heavy atom. The minimum absolute atomic E-state index is 0.0161. The maximum atomic E-state index is 11.2. The Kier molecular flexibility index (Phi) is 9.35. The second-order valence-electron chi connectivity index (χ2n) is 5.25. The molecule has 0 spiro atoms. The van der Waals surface area contributed by atoms with Crippen LogP contribution in [0.15, 0.2) is 0 Å². The number of unbranched alkanes of at least 4 members (excludes halogenated alkanes) is 2. The summed E-state index contributed by atoms with van der Waals surface area (Å²) in [4.78, 5) is 13.8. The van der Waals surface area contributed by atoms with E-state index in [9.17, 15) is 4.79 Å². The van der Waals surface area contributed by atoms with Crippen molar-refractivity contribution in [3.8, 4) is 0 Å². The molecule has 19 heavy (non-hydrogen) atoms. The molecule has 1 heterocycles. The van der Waals surface area contributed by atoms with Gasteiger partial charge in [-0.1, -0.05) is 26.7 Å². The second-order valence-corrected chi connectivity index (χ2v) is 6.66. The molecule has 0 aliphatic carbocycles. The van der Waals surface area contributed by atoms with E-state index >= 15 is 0 Å². The van der Waals surface area contributed by atoms with Gasteiger partial charge in [0.05, 0.1) is 13.0 Å². The van der Waals surface area contributed by atoms with E-state index in [0.29, 0.717) is 18.3 Å². The van der Waals surface area contributed by atoms with E-state index in [1.165, 1.54) is 38.8 Å². The summed E-state index contributed by atoms with van der Waals surface area (Å²) in [6.45, 7) is 8.73. The van der Waals surface area contributed by atoms with Crippen molar-refractivity contribution >= 4 is 17.7 Å². The summed E-state index contributed by atoms with van der Waals surface area (Å²) < 4.78 is 4.98. The Hall–Kier alpha value is -0.220. The van der Waals surface area contributed by atoms with Gasteiger partial charge in [-0.3, -0.25) is 4.79 Å². The molecule has 3 nitrogen and oxygen atoms in total. The van der Waals surface area contributed by atoms with Crippen LogP contribution in [0.4, 0.5) is 0 Å². The molecule has 0 radical (unpaired) electrons. The number of thioether (sulfide) groups is 1. The highest BCUT2D eigenvalue weighted by atomic mass is 32.2. The van der Waals surface area contributed by atoms with Gasteiger partial charge in [-0.25, -0.2) is 0 Å². The summed E-state index contributed by atoms with van der Waals surface area (Å²) in [7, 11) is 0. The van der Waals surface area contributed by atoms with Gasteiger partial charge in [0.25, 0.3) is 0 Å². The van der Waals surface area contributed by atoms with Crippen molar-refractivity contribution in [3.05, 3.63) is 0 Å². The molecule has 112 valence electrons. The third kappa shape index (κ3) is 7.83. The third-order valence-corrected chi connectivity index (χ3v) is 4.81. The zero-order valence-corrected chi connectivity index (χ0v) is 13.3. The van der Waals surface area contributed by atoms with Crippen LogP contribution in [0.25, 0.3) is 0 Å². The normalized spacial score (nSPS) is 19.7. The molecule has 0 amide bonds. The number of carbonyl (C=O) groups excluding carboxylic acids is 1. The van der Waals surface area contributed by atoms with Crippen molar-refractivity contribution in [1.29, 1.82) is 0 Å². The predicted molar refractivity (Wildman–Crippen MR) is 82.7 cm³/mol. The van der Waals surface area contributed by atoms with Crippen molar-refractivity contribution < 1.29 is 9.53 Å². The summed E-state index contributed by atoms with van der Waals surface area (Å²) in [6, 6.07) is 0. The lowest BCUT2D eigenvalue weighted by Crippen LogP contribution is -2.30. The molecule has 1 rings (SSSR count). The molecule has 0 bridgehead atoms. The van der Waals surface area contributed by atoms with Crippen LogP contribution in [0.2, 0.25) is 0 Å². The van der Waals surface area contributed by atoms with Crippen LogP contribution in [-0.4, -0.2) is 48.1 Å². The predicted octanol–water partition coefficient (Wildman–Crippen LogP) is 3.33. The number of hydrogen-bond acceptors (Lipinski definition) is 4. The largest absolute Gasteiger partial charge is 0.466 e. The number of nitrogens with zero attached hydrogens (tertiary/aromatic N) is 1. The second kappa shape index (κ2) is 10.6. The first-order valence-corrected chi connectivity index (χ1v) is 8.80. The van der Waals surface area contributed by atoms with Crippen molar-refractivity contribution in [2.75, 3.05) is 32.0 Å². The standard InChI is InChI=1S/C15H29NO2S/c1-3-5-8-16(9-6-4-2)10-12-19-14-7-11-18-15(17)13-14/h14H,3-13H2,1-2H3. The molecule has 1 atom stereocenters. The van der Waals surface area contributed by atoms with Crippen LogP contribution in [0.5, 0.6) is 0 Å². The number of carbonyl (C=O) groups is 1. The fourth-order valence-corrected chi connectivity index (χ4v) is 3.45. The van der Waals surface area contributed by atoms with E-state index in [0.717, 1.165) is 18.7 Å². The highest BCUT2D eigenvalue weighted by molar-refractivity contribution is 7.99. The fourth-order valence-electron chi connectivity index (χ4n) is 2.24. The zero-order valence-electron chi connectivity index (χ0n) is 12.5. The zero-order chi connectivity index (χ0) is 13.9. The lowest BCUT2D eigenvalue weighted by molar-refractivity contribution is -0.146. The molecule has 1 aliphatic heterocycles. The first-order valence-electron chi connectivity index (χ1n) is 7.75. The van der Waals surface area contributed by atoms with Crippen LogP contribution in [0, 0.1) is 0 Å². The average Bonchev–Trinajstić information content (AvgIpc) is 2.41. The van der Waals surface area contributed by atoms with Gasteiger partial charge in [0.15, 0.2) is 0 Å². The minimum atomic E-state index is -0.0161. The van der Waals surface area contributed by atoms with Crippen LogP contribution < -0.4 is 0 Å². The Morgan fingerprint density at radius 2 is 1.89 bits per heavy atom. The van der Waals surface area contributed by atoms with Gasteiger partial charge >= 0.3 is 5.97 Å². The van der Waals surface area contributed by atoms with Crippen molar-refractivity contribution in [3.63, 3.8) is 0 Å². The number of hydrogen-bond donors (Lipinski definition) is 0. The Bertz CT molecular complexity index is 240. The molecule has 0 saturated carbocycles. The molecule has 1 saturated heterocycles. The van der Waals surface area contributed by atoms with Crippen molar-refractivity contribution in [1.82, 2.24) is 4.90 Å². The first-order chi connectivity index (χ1) is 9.26. The van der Waals surface area contributed by atoms with Crippen LogP contribution in [0.3, 0.4) is 0 Å². The molecule has 0 aromatic carbocycles. The van der Waals surface area contributed by atoms with Crippen molar-refractivity contribution in [2.24, 2.45) is 0 Å². The lowest BCUT2D eigenvalue weighted by Gasteiger charge is -2.24. The Labute approximate surface area is 122 Å². The van der Waals surface area contributed by atoms with Crippen LogP contribution in [-0.2, 0) is 9.53 Å². The van der Waals surface area contributed by atoms with E-state index < -0.39 is 0 Å². The highest BCUT2D eigenvalue weighted by Gasteiger charge is 2.20. The SMILES string of the molecule is CCCCN(CCCC)CCSC1CCOC(=O)C1. The van der Waals surface area contributed by atoms with Crippen molar-refractivity contribution in [2.45, 2.75) is 57.6 Å². The maximum absolute atomic E-state index is 11.2. The molecule has 0 aromatic rings. The summed E-state index contributed by atoms with van der Waals surface area (Å²) in [6.07, 6.45) is 6.76. The molecule has 0 aromatic heterocycles. The molecular weight excluding hydrogens is 258 g/mol. The summed E-state index contributed by atoms with van der Waals surface area (Å²) >= 11 is 1.95. The fraction of sp³-hybridized carbons (Fsp3) is 0.933. The number of rotatable bonds is 10. The topological polar surface area (TPSA) is 29.5 Å². The smallest absolute Gasteiger partial charge is 0.306 e. The monoisotopic (exact) mass is 287 g/mol. The van der Waals surface area contributed by atoms with E-state index in [1.807, 2.05) is 11.8 Å². The summed E-state index contributed by atoms with van der Waals surface area (Å²) in [5.41, 5.74) is 0. The summed E-state index contributed by atoms with van der Waals surface area (Å²) in [5, 5.41) is 0.487. The number of esters is 1. The highest BCUT2D eigenvalue weighted by Crippen LogP contribution is 2.22. The van der Waals surface area contributed by atoms with E-state index in [4.69, 9.17) is 4.74 Å². The quantitative estimate of drug-likeness (QED) is 0.576. The van der Waals surface area contributed by atoms with Crippen LogP contribution >= 0.6 is 11.8 Å². The van der Waals surface area contributed by atoms with Crippen LogP contribution in [0.1, 0.15) is 52.4 Å². The third-order valence-electron chi connectivity index (χ3n) is 3.51. The summed E-state index contributed by atoms with van der Waals surface area (Å²) in [5.74, 6) is 1.13. The maximum Gasteiger partial charge on any atom is 0.306 e. The first kappa shape index (κ1) is 16.8. The molecule has 1 fully saturated rings. The molecule has 0 N–H and O–H groups in total. The van der Waals surface area contributed by atoms with Gasteiger partial charge in [0, 0.05) is 17.5 Å². The van der Waals surface area contributed by atoms with Gasteiger partial charge in [-0.15, -0.1) is 0 Å².